The van der Waals surface area contributed by atoms with Crippen molar-refractivity contribution in [3.05, 3.63) is 16.6 Å². The van der Waals surface area contributed by atoms with E-state index < -0.39 is 0 Å². The smallest absolute Gasteiger partial charge is 0.106 e. The van der Waals surface area contributed by atoms with Crippen LogP contribution in [0.1, 0.15) is 11.9 Å². The highest BCUT2D eigenvalue weighted by Crippen LogP contribution is 2.02. The molecule has 58 valence electrons. The first-order valence-electron chi connectivity index (χ1n) is 3.41. The summed E-state index contributed by atoms with van der Waals surface area (Å²) in [5, 5.41) is 6.18. The highest BCUT2D eigenvalue weighted by atomic mass is 32.1. The first-order chi connectivity index (χ1) is 5.33. The van der Waals surface area contributed by atoms with E-state index in [-0.39, 0.29) is 6.04 Å². The van der Waals surface area contributed by atoms with Crippen LogP contribution in [0.5, 0.6) is 0 Å². The van der Waals surface area contributed by atoms with Crippen molar-refractivity contribution in [2.45, 2.75) is 19.5 Å². The molecule has 0 saturated heterocycles. The molecule has 1 aromatic rings. The molecule has 0 fully saturated rings. The number of terminal acetylenes is 1. The van der Waals surface area contributed by atoms with Crippen molar-refractivity contribution < 1.29 is 0 Å². The Morgan fingerprint density at radius 2 is 2.73 bits per heavy atom. The standard InChI is InChI=1S/C8H10N2S/c1-3-7(2)10-6-8-9-4-5-11-8/h1,4-5,7,10H,6H2,2H3. The first-order valence-corrected chi connectivity index (χ1v) is 4.29. The second-order valence-electron chi connectivity index (χ2n) is 2.20. The molecule has 0 amide bonds. The lowest BCUT2D eigenvalue weighted by atomic mass is 10.3. The van der Waals surface area contributed by atoms with Gasteiger partial charge in [-0.25, -0.2) is 4.98 Å². The normalized spacial score (nSPS) is 12.4. The average molecular weight is 166 g/mol. The highest BCUT2D eigenvalue weighted by molar-refractivity contribution is 7.09. The van der Waals surface area contributed by atoms with Gasteiger partial charge in [-0.1, -0.05) is 5.92 Å². The minimum Gasteiger partial charge on any atom is -0.297 e. The number of hydrogen-bond acceptors (Lipinski definition) is 3. The van der Waals surface area contributed by atoms with E-state index in [1.807, 2.05) is 12.3 Å². The van der Waals surface area contributed by atoms with Gasteiger partial charge in [0.1, 0.15) is 5.01 Å². The fourth-order valence-electron chi connectivity index (χ4n) is 0.640. The summed E-state index contributed by atoms with van der Waals surface area (Å²) in [7, 11) is 0. The summed E-state index contributed by atoms with van der Waals surface area (Å²) in [6.45, 7) is 2.72. The number of aromatic nitrogens is 1. The number of nitrogens with one attached hydrogen (secondary N) is 1. The molecule has 1 N–H and O–H groups in total. The second-order valence-corrected chi connectivity index (χ2v) is 3.17. The Morgan fingerprint density at radius 3 is 3.27 bits per heavy atom. The molecule has 1 rings (SSSR count). The molecule has 0 aliphatic rings. The molecule has 0 aromatic carbocycles. The van der Waals surface area contributed by atoms with Crippen LogP contribution in [0.25, 0.3) is 0 Å². The minimum atomic E-state index is 0.124. The minimum absolute atomic E-state index is 0.124. The predicted molar refractivity (Wildman–Crippen MR) is 47.2 cm³/mol. The summed E-state index contributed by atoms with van der Waals surface area (Å²) in [4.78, 5) is 4.11. The fourth-order valence-corrected chi connectivity index (χ4v) is 1.21. The third kappa shape index (κ3) is 2.71. The number of rotatable bonds is 3. The maximum Gasteiger partial charge on any atom is 0.106 e. The molecule has 2 nitrogen and oxygen atoms in total. The number of hydrogen-bond donors (Lipinski definition) is 1. The molecule has 0 radical (unpaired) electrons. The van der Waals surface area contributed by atoms with Gasteiger partial charge >= 0.3 is 0 Å². The average Bonchev–Trinajstić information content (AvgIpc) is 2.52. The Labute approximate surface area is 70.7 Å². The zero-order valence-electron chi connectivity index (χ0n) is 6.37. The van der Waals surface area contributed by atoms with E-state index in [1.165, 1.54) is 0 Å². The summed E-state index contributed by atoms with van der Waals surface area (Å²) < 4.78 is 0. The molecule has 0 spiro atoms. The third-order valence-corrected chi connectivity index (χ3v) is 2.07. The van der Waals surface area contributed by atoms with Crippen LogP contribution in [0.4, 0.5) is 0 Å². The van der Waals surface area contributed by atoms with Crippen LogP contribution in [0.2, 0.25) is 0 Å². The molecule has 0 saturated carbocycles. The van der Waals surface area contributed by atoms with E-state index in [0.717, 1.165) is 11.6 Å². The monoisotopic (exact) mass is 166 g/mol. The lowest BCUT2D eigenvalue weighted by Crippen LogP contribution is -2.23. The lowest BCUT2D eigenvalue weighted by Gasteiger charge is -2.03. The third-order valence-electron chi connectivity index (χ3n) is 1.29. The van der Waals surface area contributed by atoms with Crippen LogP contribution in [0.15, 0.2) is 11.6 Å². The Kier molecular flexibility index (Phi) is 3.09. The van der Waals surface area contributed by atoms with E-state index in [1.54, 1.807) is 17.5 Å². The molecule has 0 aliphatic carbocycles. The molecule has 0 aliphatic heterocycles. The van der Waals surface area contributed by atoms with Crippen LogP contribution in [0.3, 0.4) is 0 Å². The lowest BCUT2D eigenvalue weighted by molar-refractivity contribution is 0.645. The summed E-state index contributed by atoms with van der Waals surface area (Å²) in [5.74, 6) is 2.59. The van der Waals surface area contributed by atoms with Gasteiger partial charge in [0, 0.05) is 18.1 Å². The van der Waals surface area contributed by atoms with E-state index in [4.69, 9.17) is 6.42 Å². The van der Waals surface area contributed by atoms with Gasteiger partial charge in [-0.2, -0.15) is 0 Å². The van der Waals surface area contributed by atoms with Gasteiger partial charge in [0.2, 0.25) is 0 Å². The van der Waals surface area contributed by atoms with Crippen LogP contribution in [0, 0.1) is 12.3 Å². The molecule has 1 aromatic heterocycles. The van der Waals surface area contributed by atoms with Crippen molar-refractivity contribution in [2.24, 2.45) is 0 Å². The molecule has 1 atom stereocenters. The molecule has 11 heavy (non-hydrogen) atoms. The Bertz CT molecular complexity index is 235. The topological polar surface area (TPSA) is 24.9 Å². The van der Waals surface area contributed by atoms with Gasteiger partial charge < -0.3 is 0 Å². The van der Waals surface area contributed by atoms with Crippen molar-refractivity contribution >= 4 is 11.3 Å². The zero-order valence-corrected chi connectivity index (χ0v) is 7.19. The molecule has 1 heterocycles. The Hall–Kier alpha value is -0.850. The SMILES string of the molecule is C#CC(C)NCc1nccs1. The summed E-state index contributed by atoms with van der Waals surface area (Å²) in [5.41, 5.74) is 0. The van der Waals surface area contributed by atoms with Gasteiger partial charge in [-0.05, 0) is 6.92 Å². The second kappa shape index (κ2) is 4.12. The number of nitrogens with zero attached hydrogens (tertiary/aromatic N) is 1. The quantitative estimate of drug-likeness (QED) is 0.684. The van der Waals surface area contributed by atoms with Gasteiger partial charge in [0.15, 0.2) is 0 Å². The van der Waals surface area contributed by atoms with E-state index in [2.05, 4.69) is 16.2 Å². The van der Waals surface area contributed by atoms with E-state index >= 15 is 0 Å². The Balaban J connectivity index is 2.30. The Morgan fingerprint density at radius 1 is 1.91 bits per heavy atom. The fraction of sp³-hybridized carbons (Fsp3) is 0.375. The van der Waals surface area contributed by atoms with Gasteiger partial charge in [-0.3, -0.25) is 5.32 Å². The van der Waals surface area contributed by atoms with Crippen molar-refractivity contribution in [3.8, 4) is 12.3 Å². The predicted octanol–water partition coefficient (Wildman–Crippen LogP) is 1.25. The van der Waals surface area contributed by atoms with Crippen molar-refractivity contribution in [1.29, 1.82) is 0 Å². The van der Waals surface area contributed by atoms with Crippen molar-refractivity contribution in [3.63, 3.8) is 0 Å². The summed E-state index contributed by atoms with van der Waals surface area (Å²) >= 11 is 1.63. The molecule has 3 heteroatoms. The molecule has 0 bridgehead atoms. The largest absolute Gasteiger partial charge is 0.297 e. The molecular formula is C8H10N2S. The first kappa shape index (κ1) is 8.25. The zero-order chi connectivity index (χ0) is 8.10. The number of thiazole rings is 1. The van der Waals surface area contributed by atoms with E-state index in [9.17, 15) is 0 Å². The van der Waals surface area contributed by atoms with Gasteiger partial charge in [0.05, 0.1) is 6.04 Å². The van der Waals surface area contributed by atoms with Gasteiger partial charge in [-0.15, -0.1) is 17.8 Å². The maximum absolute atomic E-state index is 5.18. The van der Waals surface area contributed by atoms with Crippen molar-refractivity contribution in [2.75, 3.05) is 0 Å². The molecule has 1 unspecified atom stereocenters. The van der Waals surface area contributed by atoms with E-state index in [0.29, 0.717) is 0 Å². The van der Waals surface area contributed by atoms with Crippen LogP contribution >= 0.6 is 11.3 Å². The summed E-state index contributed by atoms with van der Waals surface area (Å²) in [6.07, 6.45) is 6.98. The molecular weight excluding hydrogens is 156 g/mol. The van der Waals surface area contributed by atoms with Crippen LogP contribution in [-0.2, 0) is 6.54 Å². The van der Waals surface area contributed by atoms with Crippen molar-refractivity contribution in [1.82, 2.24) is 10.3 Å². The van der Waals surface area contributed by atoms with Crippen LogP contribution in [-0.4, -0.2) is 11.0 Å². The van der Waals surface area contributed by atoms with Gasteiger partial charge in [0.25, 0.3) is 0 Å². The van der Waals surface area contributed by atoms with Crippen LogP contribution < -0.4 is 5.32 Å². The maximum atomic E-state index is 5.18. The highest BCUT2D eigenvalue weighted by Gasteiger charge is 1.97. The summed E-state index contributed by atoms with van der Waals surface area (Å²) in [6, 6.07) is 0.124.